The molecular weight excluding hydrogens is 484 g/mol. The van der Waals surface area contributed by atoms with Crippen LogP contribution >= 0.6 is 11.3 Å². The summed E-state index contributed by atoms with van der Waals surface area (Å²) in [4.78, 5) is 2.44. The molecule has 6 atom stereocenters. The fraction of sp³-hybridized carbons (Fsp3) is 0.462. The van der Waals surface area contributed by atoms with Gasteiger partial charge in [-0.25, -0.2) is 13.6 Å². The number of primary sulfonamides is 1. The highest BCUT2D eigenvalue weighted by molar-refractivity contribution is 7.91. The zero-order valence-corrected chi connectivity index (χ0v) is 21.0. The van der Waals surface area contributed by atoms with Gasteiger partial charge in [0.1, 0.15) is 9.97 Å². The average molecular weight is 513 g/mol. The lowest BCUT2D eigenvalue weighted by Gasteiger charge is -2.58. The van der Waals surface area contributed by atoms with Gasteiger partial charge < -0.3 is 19.8 Å². The number of nitrogens with two attached hydrogens (primary N) is 1. The van der Waals surface area contributed by atoms with Crippen LogP contribution < -0.4 is 5.14 Å². The van der Waals surface area contributed by atoms with E-state index in [0.717, 1.165) is 46.4 Å². The smallest absolute Gasteiger partial charge is 0.247 e. The first kappa shape index (κ1) is 22.2. The molecule has 184 valence electrons. The second kappa shape index (κ2) is 7.06. The average Bonchev–Trinajstić information content (AvgIpc) is 3.37. The Kier molecular flexibility index (Phi) is 4.48. The number of hydrogen-bond donors (Lipinski definition) is 3. The minimum absolute atomic E-state index is 0.136. The topological polar surface area (TPSA) is 113 Å². The monoisotopic (exact) mass is 512 g/mol. The van der Waals surface area contributed by atoms with Gasteiger partial charge in [-0.05, 0) is 67.6 Å². The van der Waals surface area contributed by atoms with Crippen molar-refractivity contribution in [2.45, 2.75) is 53.7 Å². The molecule has 0 radical (unpaired) electrons. The molecule has 1 spiro atoms. The number of rotatable bonds is 3. The predicted octanol–water partition coefficient (Wildman–Crippen LogP) is 3.01. The predicted molar refractivity (Wildman–Crippen MR) is 134 cm³/mol. The van der Waals surface area contributed by atoms with E-state index in [2.05, 4.69) is 18.0 Å². The van der Waals surface area contributed by atoms with Crippen LogP contribution in [0, 0.1) is 11.3 Å². The number of fused-ring (bicyclic) bond motifs is 1. The Labute approximate surface area is 208 Å². The van der Waals surface area contributed by atoms with Gasteiger partial charge in [0.15, 0.2) is 5.60 Å². The first-order valence-electron chi connectivity index (χ1n) is 12.1. The van der Waals surface area contributed by atoms with Crippen LogP contribution in [0.5, 0.6) is 0 Å². The van der Waals surface area contributed by atoms with Crippen LogP contribution in [0.3, 0.4) is 0 Å². The van der Waals surface area contributed by atoms with Crippen molar-refractivity contribution in [3.8, 4) is 0 Å². The van der Waals surface area contributed by atoms with E-state index in [1.165, 1.54) is 11.1 Å². The van der Waals surface area contributed by atoms with Crippen LogP contribution in [0.15, 0.2) is 63.6 Å². The number of ether oxygens (including phenoxy) is 1. The van der Waals surface area contributed by atoms with Crippen molar-refractivity contribution in [1.29, 1.82) is 0 Å². The summed E-state index contributed by atoms with van der Waals surface area (Å²) in [5, 5.41) is 28.7. The molecule has 1 unspecified atom stereocenters. The van der Waals surface area contributed by atoms with Crippen LogP contribution in [0.1, 0.15) is 24.8 Å². The fourth-order valence-electron chi connectivity index (χ4n) is 7.68. The highest BCUT2D eigenvalue weighted by Gasteiger charge is 2.71. The quantitative estimate of drug-likeness (QED) is 0.545. The molecule has 35 heavy (non-hydrogen) atoms. The second-order valence-corrected chi connectivity index (χ2v) is 13.6. The standard InChI is InChI=1S/C26H28N2O5S2/c1-28-9-8-25-17-4-5-19(29)24(25)33-26(21(30)7-3-15(23(25)26)11-18(17)28)13-14-2-6-20-16(10-14)12-22(34-20)35(27,31)32/h2,4-7,10,12,17-19,24,29-30H,3,8-9,11,13H2,1H3,(H2,27,31,32)/t17-,18+,19-,24-,25-,26?/m0/s1. The van der Waals surface area contributed by atoms with Crippen molar-refractivity contribution in [3.63, 3.8) is 0 Å². The van der Waals surface area contributed by atoms with Gasteiger partial charge in [-0.3, -0.25) is 0 Å². The Morgan fingerprint density at radius 3 is 2.91 bits per heavy atom. The molecule has 2 aromatic rings. The van der Waals surface area contributed by atoms with Crippen molar-refractivity contribution in [1.82, 2.24) is 4.90 Å². The van der Waals surface area contributed by atoms with Gasteiger partial charge in [-0.15, -0.1) is 11.3 Å². The number of likely N-dealkylation sites (tertiary alicyclic amines) is 1. The van der Waals surface area contributed by atoms with Crippen LogP contribution in [-0.4, -0.2) is 61.0 Å². The fourth-order valence-corrected chi connectivity index (χ4v) is 9.48. The maximum absolute atomic E-state index is 11.9. The van der Waals surface area contributed by atoms with Crippen LogP contribution in [0.4, 0.5) is 0 Å². The van der Waals surface area contributed by atoms with Crippen molar-refractivity contribution < 1.29 is 23.4 Å². The van der Waals surface area contributed by atoms with E-state index in [1.54, 1.807) is 6.07 Å². The van der Waals surface area contributed by atoms with Crippen molar-refractivity contribution >= 4 is 31.4 Å². The molecule has 2 fully saturated rings. The summed E-state index contributed by atoms with van der Waals surface area (Å²) in [6, 6.07) is 7.81. The number of nitrogens with zero attached hydrogens (tertiary/aromatic N) is 1. The largest absolute Gasteiger partial charge is 0.509 e. The Morgan fingerprint density at radius 2 is 2.11 bits per heavy atom. The summed E-state index contributed by atoms with van der Waals surface area (Å²) >= 11 is 1.15. The van der Waals surface area contributed by atoms with Crippen molar-refractivity contribution in [2.75, 3.05) is 13.6 Å². The van der Waals surface area contributed by atoms with Crippen LogP contribution in [-0.2, 0) is 21.2 Å². The van der Waals surface area contributed by atoms with E-state index in [-0.39, 0.29) is 21.3 Å². The molecule has 0 saturated carbocycles. The highest BCUT2D eigenvalue weighted by atomic mass is 32.2. The van der Waals surface area contributed by atoms with Gasteiger partial charge in [-0.2, -0.15) is 0 Å². The number of benzene rings is 1. The minimum atomic E-state index is -3.77. The lowest BCUT2D eigenvalue weighted by atomic mass is 9.50. The third kappa shape index (κ3) is 2.82. The molecule has 4 N–H and O–H groups in total. The lowest BCUT2D eigenvalue weighted by Crippen LogP contribution is -2.61. The lowest BCUT2D eigenvalue weighted by molar-refractivity contribution is -0.118. The van der Waals surface area contributed by atoms with Gasteiger partial charge in [-0.1, -0.05) is 29.9 Å². The van der Waals surface area contributed by atoms with Gasteiger partial charge >= 0.3 is 0 Å². The molecule has 9 heteroatoms. The number of aliphatic hydroxyl groups is 2. The first-order valence-corrected chi connectivity index (χ1v) is 14.4. The Balaban J connectivity index is 1.38. The van der Waals surface area contributed by atoms with Gasteiger partial charge in [0.2, 0.25) is 10.0 Å². The van der Waals surface area contributed by atoms with E-state index in [9.17, 15) is 18.6 Å². The number of allylic oxidation sites excluding steroid dienone is 1. The molecular formula is C26H28N2O5S2. The SMILES string of the molecule is CN1CC[C@]23C4=C5CC=C(O)C4(Cc4ccc6sc(S(N)(=O)=O)cc6c4)O[C@H]2[C@@H](O)C=C[C@H]3[C@H]1C5. The van der Waals surface area contributed by atoms with Gasteiger partial charge in [0, 0.05) is 28.5 Å². The molecule has 2 bridgehead atoms. The molecule has 7 rings (SSSR count). The number of hydrogen-bond acceptors (Lipinski definition) is 7. The summed E-state index contributed by atoms with van der Waals surface area (Å²) in [7, 11) is -1.59. The third-order valence-electron chi connectivity index (χ3n) is 9.04. The minimum Gasteiger partial charge on any atom is -0.509 e. The van der Waals surface area contributed by atoms with Crippen molar-refractivity contribution in [2.24, 2.45) is 16.5 Å². The van der Waals surface area contributed by atoms with E-state index >= 15 is 0 Å². The Bertz CT molecular complexity index is 1470. The summed E-state index contributed by atoms with van der Waals surface area (Å²) in [6.07, 6.45) is 7.75. The molecule has 7 nitrogen and oxygen atoms in total. The summed E-state index contributed by atoms with van der Waals surface area (Å²) in [6.45, 7) is 0.927. The summed E-state index contributed by atoms with van der Waals surface area (Å²) in [5.41, 5.74) is 2.11. The number of thiophene rings is 1. The normalized spacial score (nSPS) is 38.1. The zero-order valence-electron chi connectivity index (χ0n) is 19.3. The number of aliphatic hydroxyl groups excluding tert-OH is 2. The molecule has 1 aromatic heterocycles. The summed E-state index contributed by atoms with van der Waals surface area (Å²) < 4.78 is 31.5. The number of piperidine rings is 1. The second-order valence-electron chi connectivity index (χ2n) is 10.7. The van der Waals surface area contributed by atoms with E-state index in [0.29, 0.717) is 18.9 Å². The molecule has 3 heterocycles. The van der Waals surface area contributed by atoms with Crippen LogP contribution in [0.2, 0.25) is 0 Å². The van der Waals surface area contributed by atoms with E-state index in [4.69, 9.17) is 9.88 Å². The Morgan fingerprint density at radius 1 is 1.29 bits per heavy atom. The van der Waals surface area contributed by atoms with Crippen LogP contribution in [0.25, 0.3) is 10.1 Å². The molecule has 0 amide bonds. The molecule has 3 aliphatic carbocycles. The number of sulfonamides is 1. The summed E-state index contributed by atoms with van der Waals surface area (Å²) in [5.74, 6) is 0.455. The molecule has 1 aromatic carbocycles. The highest BCUT2D eigenvalue weighted by Crippen LogP contribution is 2.68. The third-order valence-corrected chi connectivity index (χ3v) is 11.6. The molecule has 2 saturated heterocycles. The Hall–Kier alpha value is -2.01. The van der Waals surface area contributed by atoms with Gasteiger partial charge in [0.05, 0.1) is 12.2 Å². The van der Waals surface area contributed by atoms with Gasteiger partial charge in [0.25, 0.3) is 0 Å². The molecule has 2 aliphatic heterocycles. The van der Waals surface area contributed by atoms with E-state index < -0.39 is 27.8 Å². The molecule has 5 aliphatic rings. The maximum atomic E-state index is 11.9. The van der Waals surface area contributed by atoms with Crippen molar-refractivity contribution in [3.05, 3.63) is 65.0 Å². The zero-order chi connectivity index (χ0) is 24.3. The first-order chi connectivity index (χ1) is 16.6. The maximum Gasteiger partial charge on any atom is 0.247 e. The van der Waals surface area contributed by atoms with E-state index in [1.807, 2.05) is 30.4 Å².